The molecule has 7 nitrogen and oxygen atoms in total. The van der Waals surface area contributed by atoms with Gasteiger partial charge in [-0.1, -0.05) is 0 Å². The minimum Gasteiger partial charge on any atom is -0.462 e. The number of halogens is 1. The molecular formula is C17H32IN5O2S. The van der Waals surface area contributed by atoms with Crippen LogP contribution >= 0.6 is 35.3 Å². The monoisotopic (exact) mass is 497 g/mol. The van der Waals surface area contributed by atoms with E-state index in [1.54, 1.807) is 14.0 Å². The first-order valence-corrected chi connectivity index (χ1v) is 9.36. The number of esters is 1. The van der Waals surface area contributed by atoms with E-state index in [2.05, 4.69) is 46.7 Å². The van der Waals surface area contributed by atoms with E-state index in [4.69, 9.17) is 4.74 Å². The number of aliphatic imine (C=N–C) groups is 1. The fourth-order valence-electron chi connectivity index (χ4n) is 2.07. The number of ether oxygens (including phenoxy) is 1. The highest BCUT2D eigenvalue weighted by molar-refractivity contribution is 14.0. The van der Waals surface area contributed by atoms with E-state index in [-0.39, 0.29) is 41.5 Å². The van der Waals surface area contributed by atoms with Crippen molar-refractivity contribution in [1.29, 1.82) is 0 Å². The molecule has 3 N–H and O–H groups in total. The van der Waals surface area contributed by atoms with Gasteiger partial charge in [0.2, 0.25) is 0 Å². The van der Waals surface area contributed by atoms with E-state index in [9.17, 15) is 4.79 Å². The summed E-state index contributed by atoms with van der Waals surface area (Å²) in [5.74, 6) is 0.389. The molecule has 0 aliphatic carbocycles. The number of hydrogen-bond acceptors (Lipinski definition) is 6. The lowest BCUT2D eigenvalue weighted by Gasteiger charge is -2.21. The average molecular weight is 497 g/mol. The molecule has 1 atom stereocenters. The Morgan fingerprint density at radius 1 is 1.35 bits per heavy atom. The fraction of sp³-hybridized carbons (Fsp3) is 0.706. The van der Waals surface area contributed by atoms with Crippen LogP contribution < -0.4 is 16.0 Å². The summed E-state index contributed by atoms with van der Waals surface area (Å²) in [4.78, 5) is 21.2. The predicted octanol–water partition coefficient (Wildman–Crippen LogP) is 2.86. The molecule has 0 bridgehead atoms. The van der Waals surface area contributed by atoms with Gasteiger partial charge in [-0.15, -0.1) is 35.3 Å². The summed E-state index contributed by atoms with van der Waals surface area (Å²) in [7, 11) is 1.73. The molecule has 0 saturated heterocycles. The average Bonchev–Trinajstić information content (AvgIpc) is 2.91. The molecule has 0 spiro atoms. The molecule has 0 saturated carbocycles. The normalized spacial score (nSPS) is 13.0. The Morgan fingerprint density at radius 2 is 2.00 bits per heavy atom. The zero-order valence-electron chi connectivity index (χ0n) is 16.7. The van der Waals surface area contributed by atoms with Gasteiger partial charge >= 0.3 is 5.97 Å². The van der Waals surface area contributed by atoms with Crippen molar-refractivity contribution in [3.63, 3.8) is 0 Å². The summed E-state index contributed by atoms with van der Waals surface area (Å²) in [6, 6.07) is -0.0614. The zero-order valence-corrected chi connectivity index (χ0v) is 19.9. The number of hydrogen-bond donors (Lipinski definition) is 3. The van der Waals surface area contributed by atoms with Crippen molar-refractivity contribution in [3.8, 4) is 0 Å². The Bertz CT molecular complexity index is 598. The van der Waals surface area contributed by atoms with Crippen molar-refractivity contribution in [3.05, 3.63) is 15.6 Å². The standard InChI is InChI=1S/C17H31N5O2S.HI/c1-8-24-15(23)13-11(2)21-14(25-13)12(3)22-16(18-7)19-9-10-20-17(4,5)6;/h12,20H,8-10H2,1-7H3,(H2,18,19,22);1H. The van der Waals surface area contributed by atoms with Crippen LogP contribution in [0.25, 0.3) is 0 Å². The van der Waals surface area contributed by atoms with Gasteiger partial charge in [0, 0.05) is 25.7 Å². The molecule has 1 heterocycles. The van der Waals surface area contributed by atoms with Crippen molar-refractivity contribution in [1.82, 2.24) is 20.9 Å². The van der Waals surface area contributed by atoms with Crippen LogP contribution in [0.3, 0.4) is 0 Å². The van der Waals surface area contributed by atoms with Gasteiger partial charge < -0.3 is 20.7 Å². The molecule has 0 fully saturated rings. The molecule has 150 valence electrons. The Morgan fingerprint density at radius 3 is 2.54 bits per heavy atom. The Balaban J connectivity index is 0.00000625. The maximum atomic E-state index is 11.9. The number of nitrogens with one attached hydrogen (secondary N) is 3. The summed E-state index contributed by atoms with van der Waals surface area (Å²) >= 11 is 1.36. The van der Waals surface area contributed by atoms with Gasteiger partial charge in [-0.3, -0.25) is 4.99 Å². The van der Waals surface area contributed by atoms with Gasteiger partial charge in [0.15, 0.2) is 5.96 Å². The molecule has 1 aromatic rings. The smallest absolute Gasteiger partial charge is 0.350 e. The minimum atomic E-state index is -0.313. The second-order valence-corrected chi connectivity index (χ2v) is 7.76. The second kappa shape index (κ2) is 11.7. The van der Waals surface area contributed by atoms with E-state index in [1.165, 1.54) is 11.3 Å². The van der Waals surface area contributed by atoms with Crippen LogP contribution in [0.2, 0.25) is 0 Å². The van der Waals surface area contributed by atoms with E-state index in [0.29, 0.717) is 23.1 Å². The number of carbonyl (C=O) groups is 1. The van der Waals surface area contributed by atoms with Crippen molar-refractivity contribution in [2.45, 2.75) is 53.1 Å². The lowest BCUT2D eigenvalue weighted by molar-refractivity contribution is 0.0531. The molecule has 0 aromatic carbocycles. The highest BCUT2D eigenvalue weighted by atomic mass is 127. The van der Waals surface area contributed by atoms with Crippen molar-refractivity contribution in [2.24, 2.45) is 4.99 Å². The van der Waals surface area contributed by atoms with Crippen LogP contribution in [-0.4, -0.2) is 49.2 Å². The first-order valence-electron chi connectivity index (χ1n) is 8.54. The lowest BCUT2D eigenvalue weighted by Crippen LogP contribution is -2.45. The molecule has 26 heavy (non-hydrogen) atoms. The van der Waals surface area contributed by atoms with Gasteiger partial charge in [-0.05, 0) is 41.5 Å². The second-order valence-electron chi connectivity index (χ2n) is 6.73. The summed E-state index contributed by atoms with van der Waals surface area (Å²) in [5, 5.41) is 10.8. The summed E-state index contributed by atoms with van der Waals surface area (Å²) in [5.41, 5.74) is 0.790. The first-order chi connectivity index (χ1) is 11.7. The predicted molar refractivity (Wildman–Crippen MR) is 119 cm³/mol. The molecule has 1 aromatic heterocycles. The van der Waals surface area contributed by atoms with Crippen LogP contribution in [0.4, 0.5) is 0 Å². The SMILES string of the molecule is CCOC(=O)c1sc(C(C)NC(=NC)NCCNC(C)(C)C)nc1C.I. The van der Waals surface area contributed by atoms with Crippen molar-refractivity contribution in [2.75, 3.05) is 26.7 Å². The zero-order chi connectivity index (χ0) is 19.0. The maximum Gasteiger partial charge on any atom is 0.350 e. The molecule has 1 rings (SSSR count). The quantitative estimate of drug-likeness (QED) is 0.177. The number of rotatable bonds is 7. The van der Waals surface area contributed by atoms with E-state index in [0.717, 1.165) is 18.1 Å². The van der Waals surface area contributed by atoms with Crippen LogP contribution in [0.1, 0.15) is 61.0 Å². The number of thiazole rings is 1. The van der Waals surface area contributed by atoms with Crippen LogP contribution in [-0.2, 0) is 4.74 Å². The molecule has 9 heteroatoms. The van der Waals surface area contributed by atoms with E-state index >= 15 is 0 Å². The van der Waals surface area contributed by atoms with Crippen LogP contribution in [0, 0.1) is 6.92 Å². The molecule has 0 aliphatic rings. The van der Waals surface area contributed by atoms with Crippen LogP contribution in [0.15, 0.2) is 4.99 Å². The fourth-order valence-corrected chi connectivity index (χ4v) is 3.03. The van der Waals surface area contributed by atoms with Gasteiger partial charge in [0.1, 0.15) is 9.88 Å². The highest BCUT2D eigenvalue weighted by Crippen LogP contribution is 2.24. The third kappa shape index (κ3) is 8.63. The summed E-state index contributed by atoms with van der Waals surface area (Å²) in [6.07, 6.45) is 0. The lowest BCUT2D eigenvalue weighted by atomic mass is 10.1. The minimum absolute atomic E-state index is 0. The van der Waals surface area contributed by atoms with Gasteiger partial charge in [0.25, 0.3) is 0 Å². The third-order valence-corrected chi connectivity index (χ3v) is 4.61. The van der Waals surface area contributed by atoms with Crippen LogP contribution in [0.5, 0.6) is 0 Å². The number of carbonyl (C=O) groups excluding carboxylic acids is 1. The summed E-state index contributed by atoms with van der Waals surface area (Å²) < 4.78 is 5.07. The number of aryl methyl sites for hydroxylation is 1. The first kappa shape index (κ1) is 25.1. The van der Waals surface area contributed by atoms with Gasteiger partial charge in [-0.25, -0.2) is 9.78 Å². The number of nitrogens with zero attached hydrogens (tertiary/aromatic N) is 2. The number of guanidine groups is 1. The molecule has 0 aliphatic heterocycles. The molecule has 0 amide bonds. The van der Waals surface area contributed by atoms with Gasteiger partial charge in [-0.2, -0.15) is 0 Å². The van der Waals surface area contributed by atoms with E-state index in [1.807, 2.05) is 13.8 Å². The van der Waals surface area contributed by atoms with Gasteiger partial charge in [0.05, 0.1) is 18.3 Å². The van der Waals surface area contributed by atoms with Crippen molar-refractivity contribution < 1.29 is 9.53 Å². The molecular weight excluding hydrogens is 465 g/mol. The Kier molecular flexibility index (Phi) is 11.3. The highest BCUT2D eigenvalue weighted by Gasteiger charge is 2.20. The molecule has 1 unspecified atom stereocenters. The summed E-state index contributed by atoms with van der Waals surface area (Å²) in [6.45, 7) is 14.0. The number of aromatic nitrogens is 1. The largest absolute Gasteiger partial charge is 0.462 e. The molecule has 0 radical (unpaired) electrons. The topological polar surface area (TPSA) is 87.6 Å². The Hall–Kier alpha value is -0.940. The maximum absolute atomic E-state index is 11.9. The van der Waals surface area contributed by atoms with E-state index < -0.39 is 0 Å². The Labute approximate surface area is 177 Å². The van der Waals surface area contributed by atoms with Crippen molar-refractivity contribution >= 4 is 47.2 Å². The third-order valence-electron chi connectivity index (χ3n) is 3.29.